The fourth-order valence-electron chi connectivity index (χ4n) is 5.37. The zero-order valence-corrected chi connectivity index (χ0v) is 23.7. The Morgan fingerprint density at radius 2 is 2.00 bits per heavy atom. The molecule has 0 amide bonds. The van der Waals surface area contributed by atoms with Gasteiger partial charge in [0.25, 0.3) is 0 Å². The third kappa shape index (κ3) is 4.56. The van der Waals surface area contributed by atoms with Crippen LogP contribution in [-0.4, -0.2) is 41.6 Å². The fraction of sp³-hybridized carbons (Fsp3) is 0.214. The van der Waals surface area contributed by atoms with Gasteiger partial charge in [0.1, 0.15) is 40.6 Å². The summed E-state index contributed by atoms with van der Waals surface area (Å²) in [4.78, 5) is 14.2. The SMILES string of the molecule is COc1nc2c3c(c(Cl)c(-c4ccc(F)c5sc(N)c(C#N)c45)c(F)c3n1)OCCN2C(CC(F)F)c1cccnc1N. The number of pyridine rings is 1. The smallest absolute Gasteiger partial charge is 0.318 e. The van der Waals surface area contributed by atoms with Crippen LogP contribution in [0.2, 0.25) is 5.02 Å². The number of nitriles is 1. The third-order valence-electron chi connectivity index (χ3n) is 7.18. The molecule has 3 aromatic heterocycles. The second-order valence-corrected chi connectivity index (χ2v) is 10.9. The summed E-state index contributed by atoms with van der Waals surface area (Å²) in [5.41, 5.74) is 11.9. The van der Waals surface area contributed by atoms with Gasteiger partial charge < -0.3 is 25.8 Å². The largest absolute Gasteiger partial charge is 0.489 e. The van der Waals surface area contributed by atoms with Crippen LogP contribution in [-0.2, 0) is 0 Å². The van der Waals surface area contributed by atoms with Gasteiger partial charge in [0.05, 0.1) is 40.4 Å². The van der Waals surface area contributed by atoms with E-state index in [9.17, 15) is 18.4 Å². The van der Waals surface area contributed by atoms with Crippen molar-refractivity contribution in [2.24, 2.45) is 0 Å². The highest BCUT2D eigenvalue weighted by Gasteiger charge is 2.35. The molecule has 0 saturated carbocycles. The first-order valence-electron chi connectivity index (χ1n) is 12.7. The molecule has 5 aromatic rings. The number of aromatic nitrogens is 3. The monoisotopic (exact) mass is 629 g/mol. The van der Waals surface area contributed by atoms with Crippen molar-refractivity contribution in [3.05, 3.63) is 58.2 Å². The lowest BCUT2D eigenvalue weighted by molar-refractivity contribution is 0.126. The Balaban J connectivity index is 1.68. The molecule has 43 heavy (non-hydrogen) atoms. The number of hydrogen-bond acceptors (Lipinski definition) is 10. The molecule has 15 heteroatoms. The van der Waals surface area contributed by atoms with Gasteiger partial charge in [0.15, 0.2) is 11.6 Å². The number of nitrogen functional groups attached to an aromatic ring is 2. The summed E-state index contributed by atoms with van der Waals surface area (Å²) < 4.78 is 70.8. The van der Waals surface area contributed by atoms with Gasteiger partial charge in [-0.3, -0.25) is 0 Å². The van der Waals surface area contributed by atoms with Crippen LogP contribution in [0.15, 0.2) is 30.5 Å². The van der Waals surface area contributed by atoms with Crippen LogP contribution in [0.5, 0.6) is 11.8 Å². The molecule has 0 spiro atoms. The molecule has 2 aromatic carbocycles. The van der Waals surface area contributed by atoms with Crippen molar-refractivity contribution in [2.75, 3.05) is 36.6 Å². The molecular formula is C28H20ClF4N7O2S. The highest BCUT2D eigenvalue weighted by atomic mass is 35.5. The predicted molar refractivity (Wildman–Crippen MR) is 156 cm³/mol. The summed E-state index contributed by atoms with van der Waals surface area (Å²) in [5.74, 6) is -1.56. The topological polar surface area (TPSA) is 136 Å². The van der Waals surface area contributed by atoms with E-state index in [0.717, 1.165) is 17.4 Å². The predicted octanol–water partition coefficient (Wildman–Crippen LogP) is 6.48. The van der Waals surface area contributed by atoms with Gasteiger partial charge >= 0.3 is 6.01 Å². The Hall–Kier alpha value is -4.61. The lowest BCUT2D eigenvalue weighted by Crippen LogP contribution is -2.34. The van der Waals surface area contributed by atoms with E-state index in [-0.39, 0.29) is 84.3 Å². The Bertz CT molecular complexity index is 1970. The first-order chi connectivity index (χ1) is 20.7. The minimum absolute atomic E-state index is 0.00923. The van der Waals surface area contributed by atoms with Crippen molar-refractivity contribution in [1.29, 1.82) is 5.26 Å². The molecule has 1 aliphatic rings. The van der Waals surface area contributed by atoms with Crippen molar-refractivity contribution < 1.29 is 27.0 Å². The zero-order chi connectivity index (χ0) is 30.6. The van der Waals surface area contributed by atoms with Crippen molar-refractivity contribution in [3.8, 4) is 29.0 Å². The number of ether oxygens (including phenoxy) is 2. The lowest BCUT2D eigenvalue weighted by Gasteiger charge is -2.32. The molecule has 9 nitrogen and oxygen atoms in total. The number of thiophene rings is 1. The molecule has 4 N–H and O–H groups in total. The summed E-state index contributed by atoms with van der Waals surface area (Å²) in [6.07, 6.45) is -1.96. The van der Waals surface area contributed by atoms with Crippen molar-refractivity contribution >= 4 is 60.6 Å². The molecule has 0 saturated heterocycles. The van der Waals surface area contributed by atoms with E-state index in [2.05, 4.69) is 15.0 Å². The first kappa shape index (κ1) is 28.5. The summed E-state index contributed by atoms with van der Waals surface area (Å²) in [5, 5.41) is 9.71. The van der Waals surface area contributed by atoms with Gasteiger partial charge in [-0.1, -0.05) is 23.7 Å². The van der Waals surface area contributed by atoms with Crippen LogP contribution in [0.4, 0.5) is 34.2 Å². The lowest BCUT2D eigenvalue weighted by atomic mass is 9.96. The van der Waals surface area contributed by atoms with Crippen LogP contribution in [0.3, 0.4) is 0 Å². The number of fused-ring (bicyclic) bond motifs is 1. The molecule has 0 bridgehead atoms. The molecule has 6 rings (SSSR count). The summed E-state index contributed by atoms with van der Waals surface area (Å²) in [6.45, 7) is -0.0600. The number of nitrogens with zero attached hydrogens (tertiary/aromatic N) is 5. The number of rotatable bonds is 6. The van der Waals surface area contributed by atoms with Gasteiger partial charge in [0, 0.05) is 29.1 Å². The molecule has 220 valence electrons. The number of methoxy groups -OCH3 is 1. The van der Waals surface area contributed by atoms with Crippen LogP contribution >= 0.6 is 22.9 Å². The van der Waals surface area contributed by atoms with Gasteiger partial charge in [-0.25, -0.2) is 22.5 Å². The van der Waals surface area contributed by atoms with E-state index < -0.39 is 30.5 Å². The maximum absolute atomic E-state index is 16.7. The Morgan fingerprint density at radius 1 is 1.21 bits per heavy atom. The molecular weight excluding hydrogens is 610 g/mol. The van der Waals surface area contributed by atoms with Gasteiger partial charge in [-0.05, 0) is 17.7 Å². The van der Waals surface area contributed by atoms with E-state index in [1.165, 1.54) is 24.3 Å². The number of anilines is 3. The molecule has 1 unspecified atom stereocenters. The third-order valence-corrected chi connectivity index (χ3v) is 8.57. The molecule has 1 atom stereocenters. The minimum Gasteiger partial charge on any atom is -0.489 e. The molecule has 0 radical (unpaired) electrons. The van der Waals surface area contributed by atoms with E-state index in [4.69, 9.17) is 32.5 Å². The molecule has 0 fully saturated rings. The summed E-state index contributed by atoms with van der Waals surface area (Å²) in [6, 6.07) is 6.21. The van der Waals surface area contributed by atoms with Crippen LogP contribution in [0.1, 0.15) is 23.6 Å². The Labute approximate surface area is 250 Å². The van der Waals surface area contributed by atoms with Gasteiger partial charge in [0.2, 0.25) is 6.43 Å². The Morgan fingerprint density at radius 3 is 2.70 bits per heavy atom. The quantitative estimate of drug-likeness (QED) is 0.202. The number of alkyl halides is 2. The fourth-order valence-corrected chi connectivity index (χ4v) is 6.66. The van der Waals surface area contributed by atoms with Gasteiger partial charge in [-0.15, -0.1) is 11.3 Å². The molecule has 4 heterocycles. The normalized spacial score (nSPS) is 13.7. The highest BCUT2D eigenvalue weighted by molar-refractivity contribution is 7.23. The van der Waals surface area contributed by atoms with Crippen LogP contribution in [0.25, 0.3) is 32.1 Å². The van der Waals surface area contributed by atoms with E-state index >= 15 is 4.39 Å². The average Bonchev–Trinajstić information content (AvgIpc) is 3.21. The first-order valence-corrected chi connectivity index (χ1v) is 13.9. The maximum atomic E-state index is 16.7. The molecule has 1 aliphatic heterocycles. The number of halogens is 5. The van der Waals surface area contributed by atoms with E-state index in [1.807, 2.05) is 6.07 Å². The van der Waals surface area contributed by atoms with Gasteiger partial charge in [-0.2, -0.15) is 15.2 Å². The Kier molecular flexibility index (Phi) is 7.23. The maximum Gasteiger partial charge on any atom is 0.318 e. The zero-order valence-electron chi connectivity index (χ0n) is 22.2. The second-order valence-electron chi connectivity index (χ2n) is 9.50. The summed E-state index contributed by atoms with van der Waals surface area (Å²) >= 11 is 7.70. The highest BCUT2D eigenvalue weighted by Crippen LogP contribution is 2.51. The second kappa shape index (κ2) is 10.9. The van der Waals surface area contributed by atoms with Crippen LogP contribution in [0, 0.1) is 23.0 Å². The van der Waals surface area contributed by atoms with Crippen molar-refractivity contribution in [1.82, 2.24) is 15.0 Å². The van der Waals surface area contributed by atoms with E-state index in [0.29, 0.717) is 5.56 Å². The summed E-state index contributed by atoms with van der Waals surface area (Å²) in [7, 11) is 1.27. The average molecular weight is 630 g/mol. The van der Waals surface area contributed by atoms with Crippen LogP contribution < -0.4 is 25.8 Å². The molecule has 0 aliphatic carbocycles. The van der Waals surface area contributed by atoms with E-state index in [1.54, 1.807) is 12.1 Å². The van der Waals surface area contributed by atoms with Crippen molar-refractivity contribution in [3.63, 3.8) is 0 Å². The number of hydrogen-bond donors (Lipinski definition) is 2. The number of benzene rings is 2. The minimum atomic E-state index is -2.75. The standard InChI is InChI=1S/C28H20ClF4N7O2S/c1-41-28-38-22-19-23(20(29)18(21(22)33)12-4-5-14(30)24-17(12)13(10-34)26(36)43-24)42-8-7-40(27(19)39-28)15(9-16(31)32)11-3-2-6-37-25(11)35/h2-6,15-16H,7-9,36H2,1H3,(H2,35,37). The number of nitrogens with two attached hydrogens (primary N) is 2. The van der Waals surface area contributed by atoms with Crippen molar-refractivity contribution in [2.45, 2.75) is 18.9 Å².